The van der Waals surface area contributed by atoms with Crippen LogP contribution in [0, 0.1) is 5.92 Å². The van der Waals surface area contributed by atoms with E-state index in [4.69, 9.17) is 16.3 Å². The van der Waals surface area contributed by atoms with Crippen molar-refractivity contribution in [3.05, 3.63) is 58.6 Å². The summed E-state index contributed by atoms with van der Waals surface area (Å²) in [6.45, 7) is 5.18. The number of para-hydroxylation sites is 1. The standard InChI is InChI=1S/C33H42ClN5O6/c34-27-20-22(5-6-30(27)40)19-26(31(41)37-11-8-24(9-12-37)36-15-17-45-18-16-36)29-21-25(10-14-39(29)33(43)44)38-13-7-23-3-1-2-4-28(23)35-32(38)42/h1-6,20,24-26,29,40H,7-19,21H2,(H,35,42)(H,43,44)/t25?,26?,29-/m1/s1. The molecule has 3 saturated heterocycles. The number of hydrogen-bond acceptors (Lipinski definition) is 6. The molecule has 4 aliphatic rings. The minimum Gasteiger partial charge on any atom is -0.506 e. The number of phenols is 1. The van der Waals surface area contributed by atoms with E-state index in [9.17, 15) is 24.6 Å². The smallest absolute Gasteiger partial charge is 0.407 e. The van der Waals surface area contributed by atoms with Gasteiger partial charge in [-0.3, -0.25) is 9.69 Å². The molecule has 0 bridgehead atoms. The average Bonchev–Trinajstić information content (AvgIpc) is 3.23. The number of likely N-dealkylation sites (tertiary alicyclic amines) is 2. The molecule has 2 unspecified atom stereocenters. The molecule has 0 aromatic heterocycles. The Labute approximate surface area is 268 Å². The third-order valence-corrected chi connectivity index (χ3v) is 10.3. The first kappa shape index (κ1) is 31.4. The predicted molar refractivity (Wildman–Crippen MR) is 170 cm³/mol. The van der Waals surface area contributed by atoms with Crippen molar-refractivity contribution in [1.82, 2.24) is 19.6 Å². The fourth-order valence-corrected chi connectivity index (χ4v) is 7.77. The number of aromatic hydroxyl groups is 1. The molecule has 2 aromatic carbocycles. The number of benzene rings is 2. The summed E-state index contributed by atoms with van der Waals surface area (Å²) in [6, 6.07) is 12.0. The predicted octanol–water partition coefficient (Wildman–Crippen LogP) is 4.13. The molecule has 11 nitrogen and oxygen atoms in total. The van der Waals surface area contributed by atoms with Gasteiger partial charge in [0.05, 0.1) is 24.2 Å². The van der Waals surface area contributed by atoms with Crippen LogP contribution in [0.4, 0.5) is 15.3 Å². The van der Waals surface area contributed by atoms with E-state index in [1.807, 2.05) is 34.1 Å². The molecule has 4 amide bonds. The number of amides is 4. The van der Waals surface area contributed by atoms with Crippen LogP contribution in [-0.2, 0) is 22.4 Å². The topological polar surface area (TPSA) is 126 Å². The SMILES string of the molecule is O=C(C(Cc1ccc(O)c(Cl)c1)[C@H]1CC(N2CCc3ccccc3NC2=O)CCN1C(=O)O)N1CCC(N2CCOCC2)CC1. The number of anilines is 1. The quantitative estimate of drug-likeness (QED) is 0.434. The zero-order valence-electron chi connectivity index (χ0n) is 25.4. The normalized spacial score (nSPS) is 24.0. The van der Waals surface area contributed by atoms with Crippen LogP contribution in [0.1, 0.15) is 36.8 Å². The van der Waals surface area contributed by atoms with Crippen LogP contribution >= 0.6 is 11.6 Å². The van der Waals surface area contributed by atoms with Gasteiger partial charge in [0.25, 0.3) is 0 Å². The Balaban J connectivity index is 1.24. The zero-order chi connectivity index (χ0) is 31.5. The van der Waals surface area contributed by atoms with Crippen molar-refractivity contribution in [3.63, 3.8) is 0 Å². The van der Waals surface area contributed by atoms with Crippen molar-refractivity contribution in [2.75, 3.05) is 57.8 Å². The fourth-order valence-electron chi connectivity index (χ4n) is 7.57. The molecular weight excluding hydrogens is 598 g/mol. The lowest BCUT2D eigenvalue weighted by Gasteiger charge is -2.46. The van der Waals surface area contributed by atoms with Crippen molar-refractivity contribution < 1.29 is 29.3 Å². The molecule has 3 fully saturated rings. The number of carboxylic acid groups (broad SMARTS) is 1. The number of carbonyl (C=O) groups is 3. The van der Waals surface area contributed by atoms with E-state index in [1.165, 1.54) is 11.0 Å². The van der Waals surface area contributed by atoms with Crippen molar-refractivity contribution >= 4 is 35.3 Å². The maximum absolute atomic E-state index is 14.5. The summed E-state index contributed by atoms with van der Waals surface area (Å²) in [4.78, 5) is 48.1. The van der Waals surface area contributed by atoms with E-state index in [-0.39, 0.29) is 41.7 Å². The third-order valence-electron chi connectivity index (χ3n) is 10.0. The first-order valence-corrected chi connectivity index (χ1v) is 16.4. The number of rotatable bonds is 6. The molecule has 0 aliphatic carbocycles. The van der Waals surface area contributed by atoms with Gasteiger partial charge in [-0.2, -0.15) is 0 Å². The van der Waals surface area contributed by atoms with E-state index in [1.54, 1.807) is 12.1 Å². The fraction of sp³-hybridized carbons (Fsp3) is 0.545. The Morgan fingerprint density at radius 2 is 1.71 bits per heavy atom. The number of hydrogen-bond donors (Lipinski definition) is 3. The van der Waals surface area contributed by atoms with Crippen molar-refractivity contribution in [2.24, 2.45) is 5.92 Å². The van der Waals surface area contributed by atoms with Gasteiger partial charge in [0.15, 0.2) is 0 Å². The van der Waals surface area contributed by atoms with Gasteiger partial charge in [0, 0.05) is 63.1 Å². The van der Waals surface area contributed by atoms with E-state index in [2.05, 4.69) is 10.2 Å². The van der Waals surface area contributed by atoms with Crippen LogP contribution in [0.5, 0.6) is 5.75 Å². The van der Waals surface area contributed by atoms with Crippen molar-refractivity contribution in [1.29, 1.82) is 0 Å². The van der Waals surface area contributed by atoms with Crippen LogP contribution in [0.3, 0.4) is 0 Å². The lowest BCUT2D eigenvalue weighted by molar-refractivity contribution is -0.140. The summed E-state index contributed by atoms with van der Waals surface area (Å²) in [5, 5.41) is 23.6. The highest BCUT2D eigenvalue weighted by Crippen LogP contribution is 2.34. The van der Waals surface area contributed by atoms with Crippen molar-refractivity contribution in [3.8, 4) is 5.75 Å². The van der Waals surface area contributed by atoms with Gasteiger partial charge >= 0.3 is 12.1 Å². The highest BCUT2D eigenvalue weighted by Gasteiger charge is 2.44. The van der Waals surface area contributed by atoms with Gasteiger partial charge in [-0.05, 0) is 67.9 Å². The number of fused-ring (bicyclic) bond motifs is 1. The second-order valence-electron chi connectivity index (χ2n) is 12.6. The minimum atomic E-state index is -1.07. The van der Waals surface area contributed by atoms with Crippen molar-refractivity contribution in [2.45, 2.75) is 56.7 Å². The number of ether oxygens (including phenoxy) is 1. The van der Waals surface area contributed by atoms with E-state index in [0.29, 0.717) is 44.9 Å². The summed E-state index contributed by atoms with van der Waals surface area (Å²) in [7, 11) is 0. The highest BCUT2D eigenvalue weighted by atomic mass is 35.5. The van der Waals surface area contributed by atoms with Crippen LogP contribution in [-0.4, -0.2) is 118 Å². The maximum atomic E-state index is 14.5. The van der Waals surface area contributed by atoms with Gasteiger partial charge in [-0.15, -0.1) is 0 Å². The zero-order valence-corrected chi connectivity index (χ0v) is 26.2. The van der Waals surface area contributed by atoms with Crippen LogP contribution in [0.2, 0.25) is 5.02 Å². The number of halogens is 1. The molecule has 0 saturated carbocycles. The van der Waals surface area contributed by atoms with Crippen LogP contribution < -0.4 is 5.32 Å². The van der Waals surface area contributed by atoms with Gasteiger partial charge in [0.2, 0.25) is 5.91 Å². The average molecular weight is 640 g/mol. The Morgan fingerprint density at radius 3 is 2.44 bits per heavy atom. The van der Waals surface area contributed by atoms with E-state index < -0.39 is 18.1 Å². The summed E-state index contributed by atoms with van der Waals surface area (Å²) < 4.78 is 5.52. The number of nitrogens with one attached hydrogen (secondary N) is 1. The number of piperidine rings is 2. The first-order valence-electron chi connectivity index (χ1n) is 16.0. The maximum Gasteiger partial charge on any atom is 0.407 e. The van der Waals surface area contributed by atoms with E-state index >= 15 is 0 Å². The largest absolute Gasteiger partial charge is 0.506 e. The minimum absolute atomic E-state index is 0.0495. The molecule has 3 atom stereocenters. The molecule has 6 rings (SSSR count). The third kappa shape index (κ3) is 7.00. The number of urea groups is 1. The molecule has 12 heteroatoms. The molecule has 0 spiro atoms. The lowest BCUT2D eigenvalue weighted by atomic mass is 9.82. The van der Waals surface area contributed by atoms with Crippen LogP contribution in [0.15, 0.2) is 42.5 Å². The van der Waals surface area contributed by atoms with Gasteiger partial charge in [0.1, 0.15) is 5.75 Å². The Bertz CT molecular complexity index is 1400. The van der Waals surface area contributed by atoms with E-state index in [0.717, 1.165) is 56.0 Å². The van der Waals surface area contributed by atoms with Crippen LogP contribution in [0.25, 0.3) is 0 Å². The summed E-state index contributed by atoms with van der Waals surface area (Å²) in [6.07, 6.45) is 2.43. The highest BCUT2D eigenvalue weighted by molar-refractivity contribution is 6.32. The first-order chi connectivity index (χ1) is 21.8. The number of phenolic OH excluding ortho intramolecular Hbond substituents is 1. The number of carbonyl (C=O) groups excluding carboxylic acids is 2. The molecule has 45 heavy (non-hydrogen) atoms. The van der Waals surface area contributed by atoms with Gasteiger partial charge in [-0.25, -0.2) is 9.59 Å². The second-order valence-corrected chi connectivity index (χ2v) is 13.0. The molecule has 242 valence electrons. The summed E-state index contributed by atoms with van der Waals surface area (Å²) >= 11 is 6.26. The summed E-state index contributed by atoms with van der Waals surface area (Å²) in [5.74, 6) is -0.813. The molecule has 0 radical (unpaired) electrons. The Morgan fingerprint density at radius 1 is 0.978 bits per heavy atom. The van der Waals surface area contributed by atoms with Gasteiger partial charge in [-0.1, -0.05) is 35.9 Å². The Kier molecular flexibility index (Phi) is 9.67. The molecule has 2 aromatic rings. The molecular formula is C33H42ClN5O6. The number of morpholine rings is 1. The monoisotopic (exact) mass is 639 g/mol. The molecule has 4 aliphatic heterocycles. The molecule has 4 heterocycles. The molecule has 3 N–H and O–H groups in total. The lowest BCUT2D eigenvalue weighted by Crippen LogP contribution is -2.59. The van der Waals surface area contributed by atoms with Gasteiger partial charge < -0.3 is 35.0 Å². The number of nitrogens with zero attached hydrogens (tertiary/aromatic N) is 4. The summed E-state index contributed by atoms with van der Waals surface area (Å²) in [5.41, 5.74) is 2.60. The second kappa shape index (κ2) is 13.8. The Hall–Kier alpha value is -3.54.